The van der Waals surface area contributed by atoms with Crippen molar-refractivity contribution in [2.24, 2.45) is 5.41 Å². The summed E-state index contributed by atoms with van der Waals surface area (Å²) in [5.41, 5.74) is -0.0898. The molecule has 0 radical (unpaired) electrons. The summed E-state index contributed by atoms with van der Waals surface area (Å²) in [4.78, 5) is 0.735. The van der Waals surface area contributed by atoms with Crippen LogP contribution in [0.5, 0.6) is 0 Å². The van der Waals surface area contributed by atoms with Gasteiger partial charge in [0, 0.05) is 4.91 Å². The zero-order chi connectivity index (χ0) is 13.8. The Hall–Kier alpha value is -1.35. The van der Waals surface area contributed by atoms with Gasteiger partial charge < -0.3 is 0 Å². The minimum atomic E-state index is -3.34. The summed E-state index contributed by atoms with van der Waals surface area (Å²) >= 11 is 0. The Kier molecular flexibility index (Phi) is 4.52. The highest BCUT2D eigenvalue weighted by Gasteiger charge is 2.18. The smallest absolute Gasteiger partial charge is 0.202 e. The second kappa shape index (κ2) is 5.53. The molecule has 1 aromatic carbocycles. The molecule has 0 saturated heterocycles. The van der Waals surface area contributed by atoms with E-state index in [4.69, 9.17) is 0 Å². The van der Waals surface area contributed by atoms with Gasteiger partial charge in [-0.05, 0) is 30.9 Å². The average molecular weight is 264 g/mol. The third kappa shape index (κ3) is 3.57. The van der Waals surface area contributed by atoms with Crippen LogP contribution in [0.25, 0.3) is 0 Å². The summed E-state index contributed by atoms with van der Waals surface area (Å²) in [5, 5.41) is 0. The number of sulfone groups is 1. The monoisotopic (exact) mass is 264 g/mol. The first-order chi connectivity index (χ1) is 8.29. The second-order valence-electron chi connectivity index (χ2n) is 5.03. The van der Waals surface area contributed by atoms with E-state index < -0.39 is 9.84 Å². The van der Waals surface area contributed by atoms with Gasteiger partial charge in [0.2, 0.25) is 9.84 Å². The Balaban J connectivity index is 3.00. The minimum absolute atomic E-state index is 0.0898. The van der Waals surface area contributed by atoms with Gasteiger partial charge in [0.15, 0.2) is 0 Å². The van der Waals surface area contributed by atoms with Gasteiger partial charge in [-0.2, -0.15) is 0 Å². The molecule has 18 heavy (non-hydrogen) atoms. The van der Waals surface area contributed by atoms with E-state index in [-0.39, 0.29) is 5.41 Å². The predicted molar refractivity (Wildman–Crippen MR) is 76.0 cm³/mol. The van der Waals surface area contributed by atoms with Gasteiger partial charge in [-0.15, -0.1) is 6.58 Å². The van der Waals surface area contributed by atoms with Crippen molar-refractivity contribution in [1.82, 2.24) is 0 Å². The van der Waals surface area contributed by atoms with Crippen molar-refractivity contribution >= 4 is 9.84 Å². The van der Waals surface area contributed by atoms with E-state index in [9.17, 15) is 8.42 Å². The fourth-order valence-electron chi connectivity index (χ4n) is 1.39. The molecule has 3 heteroatoms. The molecule has 0 bridgehead atoms. The molecule has 0 fully saturated rings. The molecule has 1 aromatic rings. The van der Waals surface area contributed by atoms with Gasteiger partial charge in [-0.25, -0.2) is 8.42 Å². The molecule has 0 aromatic heterocycles. The molecule has 1 rings (SSSR count). The van der Waals surface area contributed by atoms with Crippen LogP contribution < -0.4 is 0 Å². The predicted octanol–water partition coefficient (Wildman–Crippen LogP) is 3.97. The number of rotatable bonds is 5. The van der Waals surface area contributed by atoms with Crippen LogP contribution in [-0.2, 0) is 9.84 Å². The van der Waals surface area contributed by atoms with E-state index in [0.29, 0.717) is 16.2 Å². The SMILES string of the molecule is C=CC(C)(C)C/C=C(\C)S(=O)(=O)c1ccccc1. The van der Waals surface area contributed by atoms with E-state index in [1.807, 2.05) is 19.9 Å². The zero-order valence-electron chi connectivity index (χ0n) is 11.2. The maximum absolute atomic E-state index is 12.2. The lowest BCUT2D eigenvalue weighted by molar-refractivity contribution is 0.489. The van der Waals surface area contributed by atoms with Gasteiger partial charge in [0.05, 0.1) is 4.90 Å². The molecule has 0 saturated carbocycles. The summed E-state index contributed by atoms with van der Waals surface area (Å²) < 4.78 is 24.5. The van der Waals surface area contributed by atoms with E-state index in [1.54, 1.807) is 43.3 Å². The standard InChI is InChI=1S/C15H20O2S/c1-5-15(3,4)12-11-13(2)18(16,17)14-9-7-6-8-10-14/h5-11H,1,12H2,2-4H3/b13-11+. The number of hydrogen-bond acceptors (Lipinski definition) is 2. The quantitative estimate of drug-likeness (QED) is 0.754. The fraction of sp³-hybridized carbons (Fsp3) is 0.333. The molecule has 0 aliphatic rings. The van der Waals surface area contributed by atoms with E-state index in [1.165, 1.54) is 0 Å². The molecule has 0 spiro atoms. The summed E-state index contributed by atoms with van der Waals surface area (Å²) in [6.45, 7) is 9.45. The third-order valence-corrected chi connectivity index (χ3v) is 4.85. The second-order valence-corrected chi connectivity index (χ2v) is 7.15. The van der Waals surface area contributed by atoms with Crippen molar-refractivity contribution in [3.05, 3.63) is 54.0 Å². The average Bonchev–Trinajstić information content (AvgIpc) is 2.37. The molecule has 0 aliphatic carbocycles. The largest absolute Gasteiger partial charge is 0.219 e. The van der Waals surface area contributed by atoms with Crippen LogP contribution in [0, 0.1) is 5.41 Å². The highest BCUT2D eigenvalue weighted by atomic mass is 32.2. The molecule has 0 heterocycles. The lowest BCUT2D eigenvalue weighted by atomic mass is 9.90. The van der Waals surface area contributed by atoms with Crippen molar-refractivity contribution in [3.63, 3.8) is 0 Å². The Labute approximate surface area is 110 Å². The van der Waals surface area contributed by atoms with Crippen LogP contribution >= 0.6 is 0 Å². The Morgan fingerprint density at radius 2 is 1.83 bits per heavy atom. The lowest BCUT2D eigenvalue weighted by Gasteiger charge is -2.17. The van der Waals surface area contributed by atoms with Crippen LogP contribution in [0.15, 0.2) is 58.9 Å². The first-order valence-electron chi connectivity index (χ1n) is 5.90. The Bertz CT molecular complexity index is 537. The molecule has 2 nitrogen and oxygen atoms in total. The summed E-state index contributed by atoms with van der Waals surface area (Å²) in [7, 11) is -3.34. The van der Waals surface area contributed by atoms with Crippen LogP contribution in [0.3, 0.4) is 0 Å². The molecule has 0 amide bonds. The summed E-state index contributed by atoms with van der Waals surface area (Å²) in [6.07, 6.45) is 4.27. The Morgan fingerprint density at radius 3 is 2.33 bits per heavy atom. The molecule has 0 aliphatic heterocycles. The zero-order valence-corrected chi connectivity index (χ0v) is 12.0. The molecule has 0 atom stereocenters. The number of hydrogen-bond donors (Lipinski definition) is 0. The van der Waals surface area contributed by atoms with Crippen molar-refractivity contribution in [3.8, 4) is 0 Å². The maximum Gasteiger partial charge on any atom is 0.202 e. The van der Waals surface area contributed by atoms with Crippen LogP contribution in [0.1, 0.15) is 27.2 Å². The molecule has 98 valence electrons. The lowest BCUT2D eigenvalue weighted by Crippen LogP contribution is -2.07. The molecule has 0 unspecified atom stereocenters. The van der Waals surface area contributed by atoms with Crippen LogP contribution in [-0.4, -0.2) is 8.42 Å². The molecule has 0 N–H and O–H groups in total. The topological polar surface area (TPSA) is 34.1 Å². The summed E-state index contributed by atoms with van der Waals surface area (Å²) in [6, 6.07) is 8.50. The van der Waals surface area contributed by atoms with Crippen LogP contribution in [0.2, 0.25) is 0 Å². The van der Waals surface area contributed by atoms with Crippen molar-refractivity contribution in [2.75, 3.05) is 0 Å². The maximum atomic E-state index is 12.2. The molecular weight excluding hydrogens is 244 g/mol. The van der Waals surface area contributed by atoms with Gasteiger partial charge in [-0.3, -0.25) is 0 Å². The normalized spacial score (nSPS) is 13.4. The fourth-order valence-corrected chi connectivity index (χ4v) is 2.58. The number of allylic oxidation sites excluding steroid dienone is 3. The van der Waals surface area contributed by atoms with Gasteiger partial charge in [0.1, 0.15) is 0 Å². The highest BCUT2D eigenvalue weighted by Crippen LogP contribution is 2.25. The molecular formula is C15H20O2S. The van der Waals surface area contributed by atoms with E-state index in [2.05, 4.69) is 6.58 Å². The summed E-state index contributed by atoms with van der Waals surface area (Å²) in [5.74, 6) is 0. The highest BCUT2D eigenvalue weighted by molar-refractivity contribution is 7.95. The third-order valence-electron chi connectivity index (χ3n) is 2.95. The van der Waals surface area contributed by atoms with Crippen molar-refractivity contribution in [1.29, 1.82) is 0 Å². The Morgan fingerprint density at radius 1 is 1.28 bits per heavy atom. The van der Waals surface area contributed by atoms with Crippen molar-refractivity contribution < 1.29 is 8.42 Å². The first-order valence-corrected chi connectivity index (χ1v) is 7.38. The van der Waals surface area contributed by atoms with Crippen molar-refractivity contribution in [2.45, 2.75) is 32.1 Å². The van der Waals surface area contributed by atoms with Gasteiger partial charge in [-0.1, -0.05) is 44.2 Å². The first kappa shape index (κ1) is 14.7. The van der Waals surface area contributed by atoms with Gasteiger partial charge >= 0.3 is 0 Å². The van der Waals surface area contributed by atoms with Crippen LogP contribution in [0.4, 0.5) is 0 Å². The van der Waals surface area contributed by atoms with E-state index >= 15 is 0 Å². The van der Waals surface area contributed by atoms with E-state index in [0.717, 1.165) is 0 Å². The minimum Gasteiger partial charge on any atom is -0.219 e. The van der Waals surface area contributed by atoms with Gasteiger partial charge in [0.25, 0.3) is 0 Å². The number of benzene rings is 1.